The van der Waals surface area contributed by atoms with Crippen LogP contribution in [0.3, 0.4) is 0 Å². The first-order valence-corrected chi connectivity index (χ1v) is 14.8. The number of fused-ring (bicyclic) bond motifs is 1. The van der Waals surface area contributed by atoms with Crippen molar-refractivity contribution < 1.29 is 37.4 Å². The van der Waals surface area contributed by atoms with Gasteiger partial charge in [0.1, 0.15) is 23.6 Å². The number of carbonyl (C=O) groups is 3. The molecule has 0 aliphatic heterocycles. The first kappa shape index (κ1) is 32.2. The summed E-state index contributed by atoms with van der Waals surface area (Å²) in [5.74, 6) is -1.06. The Morgan fingerprint density at radius 2 is 1.54 bits per heavy atom. The van der Waals surface area contributed by atoms with Crippen LogP contribution < -0.4 is 35.5 Å². The number of hydrogen-bond acceptors (Lipinski definition) is 7. The molecule has 46 heavy (non-hydrogen) atoms. The predicted octanol–water partition coefficient (Wildman–Crippen LogP) is 5.59. The van der Waals surface area contributed by atoms with E-state index in [0.717, 1.165) is 6.07 Å². The fourth-order valence-corrected chi connectivity index (χ4v) is 4.63. The Balaban J connectivity index is 1.24. The third-order valence-corrected chi connectivity index (χ3v) is 7.33. The molecule has 1 fully saturated rings. The van der Waals surface area contributed by atoms with Gasteiger partial charge in [0.05, 0.1) is 19.2 Å². The quantitative estimate of drug-likeness (QED) is 0.0838. The Morgan fingerprint density at radius 3 is 2.22 bits per heavy atom. The number of methoxy groups -OCH3 is 1. The van der Waals surface area contributed by atoms with Crippen molar-refractivity contribution in [3.63, 3.8) is 0 Å². The summed E-state index contributed by atoms with van der Waals surface area (Å²) in [7, 11) is 1.47. The second-order valence-corrected chi connectivity index (χ2v) is 10.7. The number of anilines is 2. The van der Waals surface area contributed by atoms with Crippen molar-refractivity contribution in [2.45, 2.75) is 12.8 Å². The second-order valence-electron chi connectivity index (χ2n) is 10.3. The molecule has 1 aromatic heterocycles. The Hall–Kier alpha value is -5.17. The Bertz CT molecular complexity index is 1750. The van der Waals surface area contributed by atoms with Crippen LogP contribution in [0.15, 0.2) is 66.9 Å². The summed E-state index contributed by atoms with van der Waals surface area (Å²) in [4.78, 5) is 41.9. The van der Waals surface area contributed by atoms with E-state index >= 15 is 4.39 Å². The molecule has 14 heteroatoms. The van der Waals surface area contributed by atoms with Gasteiger partial charge in [-0.2, -0.15) is 0 Å². The summed E-state index contributed by atoms with van der Waals surface area (Å²) in [6, 6.07) is 13.6. The molecule has 5 rings (SSSR count). The number of nitrogens with zero attached hydrogens (tertiary/aromatic N) is 1. The number of ether oxygens (including phenoxy) is 3. The lowest BCUT2D eigenvalue weighted by Gasteiger charge is -2.16. The molecule has 1 heterocycles. The van der Waals surface area contributed by atoms with E-state index in [-0.39, 0.29) is 36.4 Å². The standard InChI is InChI=1S/C32H30ClF2N5O6/c1-44-27-17-22-24(18-28(27)45-15-14-38-31(43)37-13-11-33)36-12-8-25(22)46-26-7-6-21(16-23(26)35)40-30(42)32(9-10-32)29(41)39-20-4-2-19(34)3-5-20/h2-8,12,16-18H,9-11,13-15H2,1H3,(H,39,41)(H,40,42)(H2,37,38,43). The van der Waals surface area contributed by atoms with Gasteiger partial charge < -0.3 is 35.5 Å². The maximum atomic E-state index is 15.2. The third-order valence-electron chi connectivity index (χ3n) is 7.14. The number of nitrogens with one attached hydrogen (secondary N) is 4. The third kappa shape index (κ3) is 7.54. The monoisotopic (exact) mass is 653 g/mol. The maximum Gasteiger partial charge on any atom is 0.314 e. The lowest BCUT2D eigenvalue weighted by Crippen LogP contribution is -2.38. The molecule has 0 bridgehead atoms. The van der Waals surface area contributed by atoms with Gasteiger partial charge in [0.25, 0.3) is 0 Å². The van der Waals surface area contributed by atoms with Gasteiger partial charge in [-0.3, -0.25) is 14.6 Å². The van der Waals surface area contributed by atoms with Crippen molar-refractivity contribution in [2.24, 2.45) is 5.41 Å². The lowest BCUT2D eigenvalue weighted by molar-refractivity contribution is -0.131. The molecule has 4 aromatic rings. The lowest BCUT2D eigenvalue weighted by atomic mass is 10.0. The van der Waals surface area contributed by atoms with Crippen LogP contribution in [0.2, 0.25) is 0 Å². The van der Waals surface area contributed by atoms with Crippen LogP contribution in [0, 0.1) is 17.0 Å². The molecule has 3 aromatic carbocycles. The van der Waals surface area contributed by atoms with E-state index < -0.39 is 28.9 Å². The van der Waals surface area contributed by atoms with Crippen molar-refractivity contribution in [3.05, 3.63) is 78.5 Å². The Labute approximate surface area is 267 Å². The normalized spacial score (nSPS) is 13.0. The van der Waals surface area contributed by atoms with Crippen molar-refractivity contribution in [1.29, 1.82) is 0 Å². The first-order chi connectivity index (χ1) is 22.2. The number of urea groups is 1. The van der Waals surface area contributed by atoms with Gasteiger partial charge in [0.2, 0.25) is 11.8 Å². The number of halogens is 3. The molecule has 11 nitrogen and oxygen atoms in total. The van der Waals surface area contributed by atoms with Crippen LogP contribution in [0.25, 0.3) is 10.9 Å². The molecular formula is C32H30ClF2N5O6. The number of alkyl halides is 1. The molecular weight excluding hydrogens is 624 g/mol. The molecule has 1 saturated carbocycles. The summed E-state index contributed by atoms with van der Waals surface area (Å²) in [6.07, 6.45) is 2.14. The van der Waals surface area contributed by atoms with E-state index in [4.69, 9.17) is 25.8 Å². The van der Waals surface area contributed by atoms with E-state index in [9.17, 15) is 18.8 Å². The largest absolute Gasteiger partial charge is 0.493 e. The van der Waals surface area contributed by atoms with E-state index in [0.29, 0.717) is 53.4 Å². The second kappa shape index (κ2) is 14.3. The van der Waals surface area contributed by atoms with Crippen molar-refractivity contribution in [3.8, 4) is 23.0 Å². The van der Waals surface area contributed by atoms with Crippen molar-refractivity contribution in [2.75, 3.05) is 43.3 Å². The van der Waals surface area contributed by atoms with Crippen LogP contribution in [0.4, 0.5) is 25.0 Å². The molecule has 1 aliphatic carbocycles. The van der Waals surface area contributed by atoms with Crippen molar-refractivity contribution >= 4 is 51.7 Å². The number of hydrogen-bond donors (Lipinski definition) is 4. The Morgan fingerprint density at radius 1 is 0.848 bits per heavy atom. The Kier molecular flexibility index (Phi) is 10.0. The van der Waals surface area contributed by atoms with Gasteiger partial charge in [0, 0.05) is 47.5 Å². The summed E-state index contributed by atoms with van der Waals surface area (Å²) in [5, 5.41) is 11.0. The van der Waals surface area contributed by atoms with Crippen LogP contribution in [-0.2, 0) is 9.59 Å². The van der Waals surface area contributed by atoms with E-state index in [1.807, 2.05) is 0 Å². The molecule has 4 N–H and O–H groups in total. The average Bonchev–Trinajstić information content (AvgIpc) is 3.87. The molecule has 0 saturated heterocycles. The van der Waals surface area contributed by atoms with E-state index in [1.54, 1.807) is 18.2 Å². The minimum absolute atomic E-state index is 0.113. The summed E-state index contributed by atoms with van der Waals surface area (Å²) in [6.45, 7) is 0.724. The molecule has 0 spiro atoms. The highest BCUT2D eigenvalue weighted by Gasteiger charge is 2.56. The highest BCUT2D eigenvalue weighted by Crippen LogP contribution is 2.47. The number of amides is 4. The van der Waals surface area contributed by atoms with E-state index in [1.165, 1.54) is 49.7 Å². The predicted molar refractivity (Wildman–Crippen MR) is 168 cm³/mol. The minimum atomic E-state index is -1.30. The fourth-order valence-electron chi connectivity index (χ4n) is 4.54. The van der Waals surface area contributed by atoms with E-state index in [2.05, 4.69) is 26.3 Å². The van der Waals surface area contributed by atoms with Crippen LogP contribution in [0.1, 0.15) is 12.8 Å². The number of pyridine rings is 1. The number of carbonyl (C=O) groups excluding carboxylic acids is 3. The summed E-state index contributed by atoms with van der Waals surface area (Å²) in [5.41, 5.74) is -0.309. The van der Waals surface area contributed by atoms with Crippen LogP contribution >= 0.6 is 11.6 Å². The van der Waals surface area contributed by atoms with Gasteiger partial charge >= 0.3 is 6.03 Å². The summed E-state index contributed by atoms with van der Waals surface area (Å²) < 4.78 is 45.5. The van der Waals surface area contributed by atoms with Crippen LogP contribution in [0.5, 0.6) is 23.0 Å². The average molecular weight is 654 g/mol. The maximum absolute atomic E-state index is 15.2. The van der Waals surface area contributed by atoms with Crippen LogP contribution in [-0.4, -0.2) is 55.5 Å². The summed E-state index contributed by atoms with van der Waals surface area (Å²) >= 11 is 5.55. The van der Waals surface area contributed by atoms with Gasteiger partial charge in [-0.25, -0.2) is 13.6 Å². The number of benzene rings is 3. The van der Waals surface area contributed by atoms with Gasteiger partial charge in [-0.05, 0) is 61.4 Å². The highest BCUT2D eigenvalue weighted by atomic mass is 35.5. The zero-order valence-electron chi connectivity index (χ0n) is 24.6. The smallest absolute Gasteiger partial charge is 0.314 e. The topological polar surface area (TPSA) is 140 Å². The van der Waals surface area contributed by atoms with Gasteiger partial charge in [0.15, 0.2) is 23.1 Å². The number of rotatable bonds is 13. The van der Waals surface area contributed by atoms with Crippen molar-refractivity contribution in [1.82, 2.24) is 15.6 Å². The zero-order valence-corrected chi connectivity index (χ0v) is 25.4. The molecule has 1 aliphatic rings. The molecule has 0 unspecified atom stereocenters. The van der Waals surface area contributed by atoms with Gasteiger partial charge in [-0.1, -0.05) is 0 Å². The minimum Gasteiger partial charge on any atom is -0.493 e. The molecule has 0 radical (unpaired) electrons. The van der Waals surface area contributed by atoms with Gasteiger partial charge in [-0.15, -0.1) is 11.6 Å². The molecule has 240 valence electrons. The highest BCUT2D eigenvalue weighted by molar-refractivity contribution is 6.18. The molecule has 4 amide bonds. The first-order valence-electron chi connectivity index (χ1n) is 14.3. The zero-order chi connectivity index (χ0) is 32.7. The number of aromatic nitrogens is 1. The molecule has 0 atom stereocenters. The fraction of sp³-hybridized carbons (Fsp3) is 0.250. The SMILES string of the molecule is COc1cc2c(Oc3ccc(NC(=O)C4(C(=O)Nc5ccc(F)cc5)CC4)cc3F)ccnc2cc1OCCNC(=O)NCCCl.